The molecule has 0 aliphatic heterocycles. The molecule has 0 aliphatic carbocycles. The molecule has 0 atom stereocenters. The molecule has 0 fully saturated rings. The Labute approximate surface area is 121 Å². The molecule has 0 unspecified atom stereocenters. The number of hydrogen-bond donors (Lipinski definition) is 0. The summed E-state index contributed by atoms with van der Waals surface area (Å²) in [4.78, 5) is 11.6. The highest BCUT2D eigenvalue weighted by atomic mass is 16.1. The van der Waals surface area contributed by atoms with Gasteiger partial charge in [0.25, 0.3) is 0 Å². The third-order valence-electron chi connectivity index (χ3n) is 3.46. The lowest BCUT2D eigenvalue weighted by Gasteiger charge is -2.07. The van der Waals surface area contributed by atoms with Crippen LogP contribution in [0.2, 0.25) is 0 Å². The van der Waals surface area contributed by atoms with Gasteiger partial charge in [0.1, 0.15) is 0 Å². The van der Waals surface area contributed by atoms with Crippen LogP contribution in [0.15, 0.2) is 48.5 Å². The quantitative estimate of drug-likeness (QED) is 0.684. The molecule has 2 rings (SSSR count). The standard InChI is InChI=1S/C19H22O/c1-4-19(20)18-11-9-17(10-12-18)16-7-5-15(6-8-16)13-14(2)3/h5-12,14H,4,13H2,1-3H3. The Morgan fingerprint density at radius 2 is 1.40 bits per heavy atom. The van der Waals surface area contributed by atoms with Crippen LogP contribution in [0.25, 0.3) is 11.1 Å². The van der Waals surface area contributed by atoms with Gasteiger partial charge in [-0.2, -0.15) is 0 Å². The summed E-state index contributed by atoms with van der Waals surface area (Å²) in [5.41, 5.74) is 4.54. The van der Waals surface area contributed by atoms with Crippen LogP contribution in [-0.2, 0) is 6.42 Å². The van der Waals surface area contributed by atoms with Crippen LogP contribution >= 0.6 is 0 Å². The van der Waals surface area contributed by atoms with E-state index in [4.69, 9.17) is 0 Å². The highest BCUT2D eigenvalue weighted by Gasteiger charge is 2.04. The lowest BCUT2D eigenvalue weighted by molar-refractivity contribution is 0.0988. The molecule has 0 spiro atoms. The van der Waals surface area contributed by atoms with Crippen molar-refractivity contribution in [2.45, 2.75) is 33.6 Å². The van der Waals surface area contributed by atoms with Crippen LogP contribution in [0.5, 0.6) is 0 Å². The number of ketones is 1. The van der Waals surface area contributed by atoms with Crippen LogP contribution < -0.4 is 0 Å². The summed E-state index contributed by atoms with van der Waals surface area (Å²) in [6.45, 7) is 6.36. The van der Waals surface area contributed by atoms with E-state index in [2.05, 4.69) is 38.1 Å². The van der Waals surface area contributed by atoms with Crippen molar-refractivity contribution in [3.8, 4) is 11.1 Å². The first-order valence-electron chi connectivity index (χ1n) is 7.32. The smallest absolute Gasteiger partial charge is 0.162 e. The minimum atomic E-state index is 0.198. The lowest BCUT2D eigenvalue weighted by Crippen LogP contribution is -1.95. The van der Waals surface area contributed by atoms with E-state index >= 15 is 0 Å². The van der Waals surface area contributed by atoms with E-state index in [-0.39, 0.29) is 5.78 Å². The van der Waals surface area contributed by atoms with E-state index in [0.29, 0.717) is 12.3 Å². The third-order valence-corrected chi connectivity index (χ3v) is 3.46. The molecule has 0 N–H and O–H groups in total. The molecule has 2 aromatic carbocycles. The van der Waals surface area contributed by atoms with Gasteiger partial charge in [-0.05, 0) is 29.0 Å². The Bertz CT molecular complexity index is 562. The topological polar surface area (TPSA) is 17.1 Å². The molecule has 0 radical (unpaired) electrons. The number of Topliss-reactive ketones (excluding diaryl/α,β-unsaturated/α-hetero) is 1. The van der Waals surface area contributed by atoms with Gasteiger partial charge in [0.15, 0.2) is 5.78 Å². The predicted molar refractivity (Wildman–Crippen MR) is 85.0 cm³/mol. The monoisotopic (exact) mass is 266 g/mol. The number of carbonyl (C=O) groups excluding carboxylic acids is 1. The molecular weight excluding hydrogens is 244 g/mol. The molecule has 0 aliphatic rings. The fourth-order valence-electron chi connectivity index (χ4n) is 2.36. The first-order valence-corrected chi connectivity index (χ1v) is 7.32. The Hall–Kier alpha value is -1.89. The van der Waals surface area contributed by atoms with Crippen LogP contribution in [0, 0.1) is 5.92 Å². The predicted octanol–water partition coefficient (Wildman–Crippen LogP) is 5.14. The molecule has 1 heteroatoms. The van der Waals surface area contributed by atoms with Crippen molar-refractivity contribution in [1.29, 1.82) is 0 Å². The fourth-order valence-corrected chi connectivity index (χ4v) is 2.36. The largest absolute Gasteiger partial charge is 0.294 e. The summed E-state index contributed by atoms with van der Waals surface area (Å²) in [5, 5.41) is 0. The fraction of sp³-hybridized carbons (Fsp3) is 0.316. The van der Waals surface area contributed by atoms with Gasteiger partial charge in [-0.25, -0.2) is 0 Å². The molecule has 0 saturated carbocycles. The summed E-state index contributed by atoms with van der Waals surface area (Å²) in [6, 6.07) is 16.6. The molecule has 2 aromatic rings. The second kappa shape index (κ2) is 6.51. The normalized spacial score (nSPS) is 10.8. The van der Waals surface area contributed by atoms with Crippen molar-refractivity contribution in [2.75, 3.05) is 0 Å². The molecule has 0 bridgehead atoms. The molecule has 104 valence electrons. The first kappa shape index (κ1) is 14.5. The minimum absolute atomic E-state index is 0.198. The van der Waals surface area contributed by atoms with Gasteiger partial charge in [0.05, 0.1) is 0 Å². The Kier molecular flexibility index (Phi) is 4.73. The van der Waals surface area contributed by atoms with Crippen molar-refractivity contribution >= 4 is 5.78 Å². The highest BCUT2D eigenvalue weighted by molar-refractivity contribution is 5.96. The van der Waals surface area contributed by atoms with Crippen molar-refractivity contribution in [2.24, 2.45) is 5.92 Å². The molecule has 0 saturated heterocycles. The Morgan fingerprint density at radius 3 is 1.85 bits per heavy atom. The van der Waals surface area contributed by atoms with Crippen LogP contribution in [-0.4, -0.2) is 5.78 Å². The van der Waals surface area contributed by atoms with E-state index in [1.165, 1.54) is 11.1 Å². The van der Waals surface area contributed by atoms with Crippen molar-refractivity contribution in [1.82, 2.24) is 0 Å². The zero-order valence-corrected chi connectivity index (χ0v) is 12.5. The van der Waals surface area contributed by atoms with Gasteiger partial charge in [0.2, 0.25) is 0 Å². The summed E-state index contributed by atoms with van der Waals surface area (Å²) in [7, 11) is 0. The van der Waals surface area contributed by atoms with E-state index < -0.39 is 0 Å². The van der Waals surface area contributed by atoms with E-state index in [0.717, 1.165) is 17.5 Å². The Morgan fingerprint density at radius 1 is 0.900 bits per heavy atom. The van der Waals surface area contributed by atoms with Gasteiger partial charge < -0.3 is 0 Å². The second-order valence-electron chi connectivity index (χ2n) is 5.65. The summed E-state index contributed by atoms with van der Waals surface area (Å²) in [6.07, 6.45) is 1.67. The zero-order chi connectivity index (χ0) is 14.5. The van der Waals surface area contributed by atoms with Gasteiger partial charge >= 0.3 is 0 Å². The van der Waals surface area contributed by atoms with E-state index in [1.807, 2.05) is 31.2 Å². The van der Waals surface area contributed by atoms with Gasteiger partial charge in [-0.3, -0.25) is 4.79 Å². The minimum Gasteiger partial charge on any atom is -0.294 e. The second-order valence-corrected chi connectivity index (χ2v) is 5.65. The molecule has 0 aromatic heterocycles. The summed E-state index contributed by atoms with van der Waals surface area (Å²) in [5.74, 6) is 0.879. The molecule has 1 nitrogen and oxygen atoms in total. The summed E-state index contributed by atoms with van der Waals surface area (Å²) >= 11 is 0. The maximum atomic E-state index is 11.6. The van der Waals surface area contributed by atoms with Gasteiger partial charge in [0, 0.05) is 12.0 Å². The SMILES string of the molecule is CCC(=O)c1ccc(-c2ccc(CC(C)C)cc2)cc1. The highest BCUT2D eigenvalue weighted by Crippen LogP contribution is 2.21. The van der Waals surface area contributed by atoms with E-state index in [1.54, 1.807) is 0 Å². The Balaban J connectivity index is 2.17. The summed E-state index contributed by atoms with van der Waals surface area (Å²) < 4.78 is 0. The number of hydrogen-bond acceptors (Lipinski definition) is 1. The molecule has 0 amide bonds. The molecule has 0 heterocycles. The lowest BCUT2D eigenvalue weighted by atomic mass is 9.98. The van der Waals surface area contributed by atoms with Crippen molar-refractivity contribution < 1.29 is 4.79 Å². The first-order chi connectivity index (χ1) is 9.60. The average Bonchev–Trinajstić information content (AvgIpc) is 2.47. The van der Waals surface area contributed by atoms with Gasteiger partial charge in [-0.15, -0.1) is 0 Å². The van der Waals surface area contributed by atoms with Crippen LogP contribution in [0.1, 0.15) is 43.1 Å². The van der Waals surface area contributed by atoms with E-state index in [9.17, 15) is 4.79 Å². The average molecular weight is 266 g/mol. The molecular formula is C19H22O. The maximum absolute atomic E-state index is 11.6. The number of carbonyl (C=O) groups is 1. The third kappa shape index (κ3) is 3.57. The maximum Gasteiger partial charge on any atom is 0.162 e. The van der Waals surface area contributed by atoms with Crippen LogP contribution in [0.4, 0.5) is 0 Å². The zero-order valence-electron chi connectivity index (χ0n) is 12.5. The van der Waals surface area contributed by atoms with Crippen molar-refractivity contribution in [3.63, 3.8) is 0 Å². The van der Waals surface area contributed by atoms with Crippen molar-refractivity contribution in [3.05, 3.63) is 59.7 Å². The molecule has 20 heavy (non-hydrogen) atoms. The van der Waals surface area contributed by atoms with Crippen LogP contribution in [0.3, 0.4) is 0 Å². The van der Waals surface area contributed by atoms with Gasteiger partial charge in [-0.1, -0.05) is 69.3 Å². The number of rotatable bonds is 5. The number of benzene rings is 2.